The van der Waals surface area contributed by atoms with Gasteiger partial charge in [-0.2, -0.15) is 18.3 Å². The molecule has 0 fully saturated rings. The lowest BCUT2D eigenvalue weighted by Gasteiger charge is -2.09. The molecule has 7 heteroatoms. The van der Waals surface area contributed by atoms with Gasteiger partial charge in [-0.3, -0.25) is 9.89 Å². The Labute approximate surface area is 147 Å². The Hall–Kier alpha value is -3.09. The van der Waals surface area contributed by atoms with Crippen LogP contribution in [0.3, 0.4) is 0 Å². The number of nitrogens with zero attached hydrogens (tertiary/aromatic N) is 1. The van der Waals surface area contributed by atoms with E-state index < -0.39 is 11.7 Å². The molecule has 0 aliphatic heterocycles. The van der Waals surface area contributed by atoms with E-state index >= 15 is 0 Å². The van der Waals surface area contributed by atoms with Gasteiger partial charge in [-0.1, -0.05) is 12.1 Å². The van der Waals surface area contributed by atoms with Gasteiger partial charge < -0.3 is 4.74 Å². The lowest BCUT2D eigenvalue weighted by atomic mass is 10.1. The van der Waals surface area contributed by atoms with Gasteiger partial charge in [0, 0.05) is 11.1 Å². The third-order valence-electron chi connectivity index (χ3n) is 3.87. The molecule has 3 aromatic rings. The molecule has 26 heavy (non-hydrogen) atoms. The minimum absolute atomic E-state index is 0.0315. The number of ether oxygens (including phenoxy) is 1. The van der Waals surface area contributed by atoms with Gasteiger partial charge in [0.05, 0.1) is 17.5 Å². The molecule has 0 aliphatic carbocycles. The minimum atomic E-state index is -4.37. The Morgan fingerprint density at radius 2 is 1.73 bits per heavy atom. The van der Waals surface area contributed by atoms with Crippen LogP contribution in [0.1, 0.15) is 28.4 Å². The quantitative estimate of drug-likeness (QED) is 0.660. The van der Waals surface area contributed by atoms with E-state index in [0.717, 1.165) is 12.1 Å². The topological polar surface area (TPSA) is 55.0 Å². The lowest BCUT2D eigenvalue weighted by molar-refractivity contribution is -0.137. The molecule has 0 spiro atoms. The molecule has 2 aromatic carbocycles. The first-order valence-electron chi connectivity index (χ1n) is 7.78. The van der Waals surface area contributed by atoms with E-state index in [2.05, 4.69) is 10.2 Å². The number of aromatic nitrogens is 2. The van der Waals surface area contributed by atoms with Gasteiger partial charge in [0.2, 0.25) is 0 Å². The van der Waals surface area contributed by atoms with Crippen molar-refractivity contribution in [3.63, 3.8) is 0 Å². The fourth-order valence-electron chi connectivity index (χ4n) is 2.44. The zero-order chi connectivity index (χ0) is 18.7. The first-order valence-corrected chi connectivity index (χ1v) is 7.78. The summed E-state index contributed by atoms with van der Waals surface area (Å²) >= 11 is 0. The van der Waals surface area contributed by atoms with Crippen molar-refractivity contribution in [1.82, 2.24) is 10.2 Å². The maximum atomic E-state index is 12.7. The SMILES string of the molecule is CC(=O)c1ccc(OCc2cn[nH]c2-c2ccc(C(F)(F)F)cc2)cc1. The van der Waals surface area contributed by atoms with E-state index in [9.17, 15) is 18.0 Å². The molecule has 0 radical (unpaired) electrons. The molecule has 134 valence electrons. The Bertz CT molecular complexity index is 898. The van der Waals surface area contributed by atoms with Crippen LogP contribution in [-0.4, -0.2) is 16.0 Å². The van der Waals surface area contributed by atoms with Gasteiger partial charge in [0.1, 0.15) is 12.4 Å². The Morgan fingerprint density at radius 1 is 1.08 bits per heavy atom. The molecule has 0 amide bonds. The van der Waals surface area contributed by atoms with Crippen molar-refractivity contribution in [3.05, 3.63) is 71.4 Å². The second kappa shape index (κ2) is 7.03. The van der Waals surface area contributed by atoms with E-state index in [1.165, 1.54) is 19.1 Å². The molecule has 1 aromatic heterocycles. The number of Topliss-reactive ketones (excluding diaryl/α,β-unsaturated/α-hetero) is 1. The number of hydrogen-bond acceptors (Lipinski definition) is 3. The van der Waals surface area contributed by atoms with Crippen molar-refractivity contribution in [1.29, 1.82) is 0 Å². The fourth-order valence-corrected chi connectivity index (χ4v) is 2.44. The van der Waals surface area contributed by atoms with Gasteiger partial charge in [-0.15, -0.1) is 0 Å². The summed E-state index contributed by atoms with van der Waals surface area (Å²) in [6.45, 7) is 1.67. The third-order valence-corrected chi connectivity index (χ3v) is 3.87. The summed E-state index contributed by atoms with van der Waals surface area (Å²) < 4.78 is 43.7. The molecule has 1 N–H and O–H groups in total. The summed E-state index contributed by atoms with van der Waals surface area (Å²) in [5, 5.41) is 6.73. The predicted molar refractivity (Wildman–Crippen MR) is 89.8 cm³/mol. The third kappa shape index (κ3) is 3.93. The molecule has 0 atom stereocenters. The fraction of sp³-hybridized carbons (Fsp3) is 0.158. The molecule has 0 saturated heterocycles. The lowest BCUT2D eigenvalue weighted by Crippen LogP contribution is -2.04. The van der Waals surface area contributed by atoms with Gasteiger partial charge in [0.25, 0.3) is 0 Å². The van der Waals surface area contributed by atoms with Crippen LogP contribution in [0.4, 0.5) is 13.2 Å². The number of aromatic amines is 1. The molecule has 1 heterocycles. The van der Waals surface area contributed by atoms with Crippen molar-refractivity contribution in [3.8, 4) is 17.0 Å². The number of alkyl halides is 3. The monoisotopic (exact) mass is 360 g/mol. The normalized spacial score (nSPS) is 11.4. The number of ketones is 1. The highest BCUT2D eigenvalue weighted by Gasteiger charge is 2.30. The highest BCUT2D eigenvalue weighted by molar-refractivity contribution is 5.94. The van der Waals surface area contributed by atoms with Crippen molar-refractivity contribution in [2.45, 2.75) is 19.7 Å². The number of carbonyl (C=O) groups excluding carboxylic acids is 1. The minimum Gasteiger partial charge on any atom is -0.489 e. The zero-order valence-corrected chi connectivity index (χ0v) is 13.8. The summed E-state index contributed by atoms with van der Waals surface area (Å²) in [6.07, 6.45) is -2.80. The van der Waals surface area contributed by atoms with E-state index in [1.54, 1.807) is 30.5 Å². The van der Waals surface area contributed by atoms with Crippen LogP contribution >= 0.6 is 0 Å². The molecular weight excluding hydrogens is 345 g/mol. The van der Waals surface area contributed by atoms with Crippen LogP contribution in [0, 0.1) is 0 Å². The molecule has 0 unspecified atom stereocenters. The van der Waals surface area contributed by atoms with E-state index in [4.69, 9.17) is 4.74 Å². The van der Waals surface area contributed by atoms with Crippen LogP contribution in [0.25, 0.3) is 11.3 Å². The van der Waals surface area contributed by atoms with E-state index in [0.29, 0.717) is 28.1 Å². The van der Waals surface area contributed by atoms with Crippen LogP contribution < -0.4 is 4.74 Å². The highest BCUT2D eigenvalue weighted by Crippen LogP contribution is 2.31. The van der Waals surface area contributed by atoms with Gasteiger partial charge in [-0.25, -0.2) is 0 Å². The zero-order valence-electron chi connectivity index (χ0n) is 13.8. The summed E-state index contributed by atoms with van der Waals surface area (Å²) in [4.78, 5) is 11.3. The number of hydrogen-bond donors (Lipinski definition) is 1. The molecule has 0 bridgehead atoms. The Morgan fingerprint density at radius 3 is 2.31 bits per heavy atom. The number of nitrogens with one attached hydrogen (secondary N) is 1. The molecule has 3 rings (SSSR count). The average Bonchev–Trinajstić information content (AvgIpc) is 3.08. The first-order chi connectivity index (χ1) is 12.3. The molecule has 0 saturated carbocycles. The maximum Gasteiger partial charge on any atom is 0.416 e. The molecule has 4 nitrogen and oxygen atoms in total. The van der Waals surface area contributed by atoms with Crippen molar-refractivity contribution < 1.29 is 22.7 Å². The summed E-state index contributed by atoms with van der Waals surface area (Å²) in [6, 6.07) is 11.6. The van der Waals surface area contributed by atoms with E-state index in [-0.39, 0.29) is 12.4 Å². The van der Waals surface area contributed by atoms with E-state index in [1.807, 2.05) is 0 Å². The number of halogens is 3. The Balaban J connectivity index is 1.73. The van der Waals surface area contributed by atoms with Crippen molar-refractivity contribution in [2.75, 3.05) is 0 Å². The second-order valence-electron chi connectivity index (χ2n) is 5.71. The standard InChI is InChI=1S/C19H15F3N2O2/c1-12(25)13-4-8-17(9-5-13)26-11-15-10-23-24-18(15)14-2-6-16(7-3-14)19(20,21)22/h2-10H,11H2,1H3,(H,23,24). The highest BCUT2D eigenvalue weighted by atomic mass is 19.4. The smallest absolute Gasteiger partial charge is 0.416 e. The number of benzene rings is 2. The predicted octanol–water partition coefficient (Wildman–Crippen LogP) is 4.88. The average molecular weight is 360 g/mol. The van der Waals surface area contributed by atoms with Gasteiger partial charge in [-0.05, 0) is 48.9 Å². The van der Waals surface area contributed by atoms with Crippen LogP contribution in [-0.2, 0) is 12.8 Å². The van der Waals surface area contributed by atoms with Crippen LogP contribution in [0.2, 0.25) is 0 Å². The van der Waals surface area contributed by atoms with Crippen molar-refractivity contribution >= 4 is 5.78 Å². The summed E-state index contributed by atoms with van der Waals surface area (Å²) in [7, 11) is 0. The van der Waals surface area contributed by atoms with Crippen molar-refractivity contribution in [2.24, 2.45) is 0 Å². The first kappa shape index (κ1) is 17.7. The van der Waals surface area contributed by atoms with Crippen LogP contribution in [0.15, 0.2) is 54.7 Å². The summed E-state index contributed by atoms with van der Waals surface area (Å²) in [5.41, 5.74) is 1.77. The largest absolute Gasteiger partial charge is 0.489 e. The number of rotatable bonds is 5. The number of H-pyrrole nitrogens is 1. The molecule has 0 aliphatic rings. The van der Waals surface area contributed by atoms with Crippen LogP contribution in [0.5, 0.6) is 5.75 Å². The Kier molecular flexibility index (Phi) is 4.79. The summed E-state index contributed by atoms with van der Waals surface area (Å²) in [5.74, 6) is 0.547. The maximum absolute atomic E-state index is 12.7. The molecular formula is C19H15F3N2O2. The second-order valence-corrected chi connectivity index (χ2v) is 5.71. The van der Waals surface area contributed by atoms with Gasteiger partial charge >= 0.3 is 6.18 Å². The number of carbonyl (C=O) groups is 1. The van der Waals surface area contributed by atoms with Gasteiger partial charge in [0.15, 0.2) is 5.78 Å².